The smallest absolute Gasteiger partial charge is 0.182 e. The predicted octanol–water partition coefficient (Wildman–Crippen LogP) is 2.76. The van der Waals surface area contributed by atoms with E-state index in [-0.39, 0.29) is 10.0 Å². The highest BCUT2D eigenvalue weighted by molar-refractivity contribution is 7.92. The molecule has 0 radical (unpaired) electrons. The molecule has 128 valence electrons. The van der Waals surface area contributed by atoms with Crippen molar-refractivity contribution in [3.05, 3.63) is 18.2 Å². The summed E-state index contributed by atoms with van der Waals surface area (Å²) in [7, 11) is -3.41. The highest BCUT2D eigenvalue weighted by atomic mass is 32.2. The molecule has 1 aromatic rings. The number of thiocarbonyl (C=S) groups is 1. The Kier molecular flexibility index (Phi) is 5.52. The fourth-order valence-electron chi connectivity index (χ4n) is 2.71. The average molecular weight is 356 g/mol. The molecule has 3 N–H and O–H groups in total. The molecule has 0 aromatic heterocycles. The van der Waals surface area contributed by atoms with Crippen molar-refractivity contribution in [1.82, 2.24) is 0 Å². The first-order chi connectivity index (χ1) is 10.7. The van der Waals surface area contributed by atoms with Crippen LogP contribution in [-0.2, 0) is 9.84 Å². The number of nitrogens with two attached hydrogens (primary N) is 1. The van der Waals surface area contributed by atoms with Gasteiger partial charge in [0.2, 0.25) is 0 Å². The monoisotopic (exact) mass is 355 g/mol. The predicted molar refractivity (Wildman–Crippen MR) is 99.8 cm³/mol. The summed E-state index contributed by atoms with van der Waals surface area (Å²) in [5, 5.41) is 2.39. The lowest BCUT2D eigenvalue weighted by molar-refractivity contribution is 0.438. The third-order valence-electron chi connectivity index (χ3n) is 4.30. The molecule has 0 saturated carbocycles. The van der Waals surface area contributed by atoms with E-state index >= 15 is 0 Å². The molecule has 1 heterocycles. The Morgan fingerprint density at radius 2 is 1.96 bits per heavy atom. The average Bonchev–Trinajstić information content (AvgIpc) is 2.47. The van der Waals surface area contributed by atoms with E-state index in [0.29, 0.717) is 5.69 Å². The molecular weight excluding hydrogens is 330 g/mol. The van der Waals surface area contributed by atoms with Gasteiger partial charge in [0, 0.05) is 18.8 Å². The lowest BCUT2D eigenvalue weighted by Crippen LogP contribution is -2.33. The normalized spacial score (nSPS) is 16.6. The van der Waals surface area contributed by atoms with E-state index in [9.17, 15) is 8.42 Å². The van der Waals surface area contributed by atoms with Gasteiger partial charge in [-0.15, -0.1) is 0 Å². The van der Waals surface area contributed by atoms with Crippen LogP contribution in [0.15, 0.2) is 23.1 Å². The van der Waals surface area contributed by atoms with Gasteiger partial charge in [0.05, 0.1) is 15.8 Å². The number of nitrogens with one attached hydrogen (secondary N) is 1. The zero-order valence-corrected chi connectivity index (χ0v) is 15.5. The van der Waals surface area contributed by atoms with E-state index in [1.54, 1.807) is 19.9 Å². The standard InChI is InChI=1S/C16H25N3O2S2/c1-11(2)23(20,21)15-5-4-13(10-14(15)18-16(17)22)19-8-6-12(3)7-9-19/h4-5,10-12H,6-9H2,1-3H3,(H3,17,18,22). The molecule has 0 unspecified atom stereocenters. The minimum absolute atomic E-state index is 0.0645. The highest BCUT2D eigenvalue weighted by Gasteiger charge is 2.24. The summed E-state index contributed by atoms with van der Waals surface area (Å²) in [6, 6.07) is 5.36. The number of hydrogen-bond acceptors (Lipinski definition) is 4. The Morgan fingerprint density at radius 3 is 2.48 bits per heavy atom. The van der Waals surface area contributed by atoms with Crippen molar-refractivity contribution in [2.75, 3.05) is 23.3 Å². The third kappa shape index (κ3) is 4.14. The molecule has 7 heteroatoms. The van der Waals surface area contributed by atoms with Gasteiger partial charge in [-0.1, -0.05) is 6.92 Å². The quantitative estimate of drug-likeness (QED) is 0.809. The maximum atomic E-state index is 12.5. The number of hydrogen-bond donors (Lipinski definition) is 2. The molecule has 0 atom stereocenters. The zero-order valence-electron chi connectivity index (χ0n) is 13.9. The Hall–Kier alpha value is -1.34. The fraction of sp³-hybridized carbons (Fsp3) is 0.562. The topological polar surface area (TPSA) is 75.4 Å². The number of benzene rings is 1. The molecule has 23 heavy (non-hydrogen) atoms. The summed E-state index contributed by atoms with van der Waals surface area (Å²) in [6.45, 7) is 7.54. The zero-order chi connectivity index (χ0) is 17.2. The second kappa shape index (κ2) is 7.05. The van der Waals surface area contributed by atoms with E-state index in [1.807, 2.05) is 12.1 Å². The molecule has 1 aliphatic heterocycles. The van der Waals surface area contributed by atoms with Gasteiger partial charge in [-0.3, -0.25) is 0 Å². The van der Waals surface area contributed by atoms with Crippen LogP contribution in [0.4, 0.5) is 11.4 Å². The van der Waals surface area contributed by atoms with Gasteiger partial charge < -0.3 is 16.0 Å². The van der Waals surface area contributed by atoms with Crippen LogP contribution in [-0.4, -0.2) is 31.9 Å². The van der Waals surface area contributed by atoms with E-state index in [0.717, 1.165) is 37.5 Å². The van der Waals surface area contributed by atoms with Gasteiger partial charge >= 0.3 is 0 Å². The molecule has 5 nitrogen and oxygen atoms in total. The summed E-state index contributed by atoms with van der Waals surface area (Å²) in [5.41, 5.74) is 7.03. The van der Waals surface area contributed by atoms with E-state index < -0.39 is 15.1 Å². The molecule has 0 bridgehead atoms. The SMILES string of the molecule is CC1CCN(c2ccc(S(=O)(=O)C(C)C)c(NC(N)=S)c2)CC1. The highest BCUT2D eigenvalue weighted by Crippen LogP contribution is 2.31. The van der Waals surface area contributed by atoms with Crippen LogP contribution in [0.25, 0.3) is 0 Å². The van der Waals surface area contributed by atoms with Gasteiger partial charge in [0.1, 0.15) is 0 Å². The summed E-state index contributed by atoms with van der Waals surface area (Å²) < 4.78 is 25.1. The summed E-state index contributed by atoms with van der Waals surface area (Å²) in [6.07, 6.45) is 2.29. The van der Waals surface area contributed by atoms with E-state index in [2.05, 4.69) is 17.1 Å². The molecule has 1 saturated heterocycles. The van der Waals surface area contributed by atoms with Crippen LogP contribution in [0.5, 0.6) is 0 Å². The molecule has 0 amide bonds. The van der Waals surface area contributed by atoms with Crippen LogP contribution >= 0.6 is 12.2 Å². The molecule has 1 aromatic carbocycles. The van der Waals surface area contributed by atoms with Crippen LogP contribution in [0.1, 0.15) is 33.6 Å². The largest absolute Gasteiger partial charge is 0.376 e. The van der Waals surface area contributed by atoms with Crippen molar-refractivity contribution >= 4 is 38.5 Å². The molecule has 0 aliphatic carbocycles. The van der Waals surface area contributed by atoms with Crippen LogP contribution in [0.2, 0.25) is 0 Å². The van der Waals surface area contributed by atoms with Gasteiger partial charge in [-0.25, -0.2) is 8.42 Å². The minimum Gasteiger partial charge on any atom is -0.376 e. The Balaban J connectivity index is 2.40. The lowest BCUT2D eigenvalue weighted by Gasteiger charge is -2.32. The second-order valence-electron chi connectivity index (χ2n) is 6.43. The van der Waals surface area contributed by atoms with Gasteiger partial charge in [-0.05, 0) is 63.0 Å². The fourth-order valence-corrected chi connectivity index (χ4v) is 4.01. The Morgan fingerprint density at radius 1 is 1.35 bits per heavy atom. The van der Waals surface area contributed by atoms with Gasteiger partial charge in [0.15, 0.2) is 14.9 Å². The number of rotatable bonds is 4. The summed E-state index contributed by atoms with van der Waals surface area (Å²) in [5.74, 6) is 0.737. The van der Waals surface area contributed by atoms with E-state index in [4.69, 9.17) is 18.0 Å². The van der Waals surface area contributed by atoms with Crippen molar-refractivity contribution in [2.45, 2.75) is 43.8 Å². The lowest BCUT2D eigenvalue weighted by atomic mass is 9.99. The molecular formula is C16H25N3O2S2. The number of piperidine rings is 1. The van der Waals surface area contributed by atoms with E-state index in [1.165, 1.54) is 0 Å². The van der Waals surface area contributed by atoms with Crippen molar-refractivity contribution in [3.8, 4) is 0 Å². The van der Waals surface area contributed by atoms with Crippen molar-refractivity contribution in [2.24, 2.45) is 11.7 Å². The van der Waals surface area contributed by atoms with Gasteiger partial charge in [-0.2, -0.15) is 0 Å². The van der Waals surface area contributed by atoms with Crippen LogP contribution in [0.3, 0.4) is 0 Å². The van der Waals surface area contributed by atoms with Crippen LogP contribution in [0, 0.1) is 5.92 Å². The number of sulfone groups is 1. The summed E-state index contributed by atoms with van der Waals surface area (Å²) >= 11 is 4.90. The first-order valence-corrected chi connectivity index (χ1v) is 9.86. The summed E-state index contributed by atoms with van der Waals surface area (Å²) in [4.78, 5) is 2.52. The Labute approximate surface area is 144 Å². The van der Waals surface area contributed by atoms with Crippen molar-refractivity contribution < 1.29 is 8.42 Å². The molecule has 0 spiro atoms. The van der Waals surface area contributed by atoms with Crippen molar-refractivity contribution in [1.29, 1.82) is 0 Å². The maximum absolute atomic E-state index is 12.5. The maximum Gasteiger partial charge on any atom is 0.182 e. The Bertz CT molecular complexity index is 679. The molecule has 1 fully saturated rings. The van der Waals surface area contributed by atoms with Gasteiger partial charge in [0.25, 0.3) is 0 Å². The second-order valence-corrected chi connectivity index (χ2v) is 9.35. The van der Waals surface area contributed by atoms with Crippen LogP contribution < -0.4 is 16.0 Å². The first kappa shape index (κ1) is 18.0. The number of anilines is 2. The molecule has 1 aliphatic rings. The first-order valence-electron chi connectivity index (χ1n) is 7.91. The molecule has 2 rings (SSSR count). The minimum atomic E-state index is -3.41. The van der Waals surface area contributed by atoms with Crippen molar-refractivity contribution in [3.63, 3.8) is 0 Å². The number of nitrogens with zero attached hydrogens (tertiary/aromatic N) is 1. The third-order valence-corrected chi connectivity index (χ3v) is 6.61.